The topological polar surface area (TPSA) is 93.1 Å². The van der Waals surface area contributed by atoms with Gasteiger partial charge in [0.05, 0.1) is 31.0 Å². The normalized spacial score (nSPS) is 16.3. The number of amides is 1. The van der Waals surface area contributed by atoms with Crippen LogP contribution in [0.3, 0.4) is 0 Å². The van der Waals surface area contributed by atoms with Crippen molar-refractivity contribution in [1.82, 2.24) is 4.90 Å². The van der Waals surface area contributed by atoms with Crippen LogP contribution in [0.4, 0.5) is 0 Å². The molecule has 0 aliphatic carbocycles. The van der Waals surface area contributed by atoms with E-state index in [1.165, 1.54) is 17.2 Å². The molecule has 0 saturated heterocycles. The minimum Gasteiger partial charge on any atom is -0.503 e. The van der Waals surface area contributed by atoms with E-state index < -0.39 is 23.5 Å². The number of aliphatic hydroxyl groups is 1. The molecule has 1 unspecified atom stereocenters. The monoisotopic (exact) mass is 421 g/mol. The summed E-state index contributed by atoms with van der Waals surface area (Å²) in [5.41, 5.74) is 0.614. The summed E-state index contributed by atoms with van der Waals surface area (Å²) in [6.45, 7) is 4.36. The van der Waals surface area contributed by atoms with E-state index in [9.17, 15) is 14.7 Å². The van der Waals surface area contributed by atoms with Crippen molar-refractivity contribution in [3.05, 3.63) is 89.0 Å². The van der Waals surface area contributed by atoms with Gasteiger partial charge in [-0.2, -0.15) is 0 Å². The molecule has 31 heavy (non-hydrogen) atoms. The molecule has 4 rings (SSSR count). The first kappa shape index (κ1) is 20.5. The van der Waals surface area contributed by atoms with Gasteiger partial charge < -0.3 is 23.6 Å². The molecule has 3 aromatic rings. The number of nitrogens with zero attached hydrogens (tertiary/aromatic N) is 1. The maximum Gasteiger partial charge on any atom is 0.290 e. The third-order valence-corrected chi connectivity index (χ3v) is 5.07. The lowest BCUT2D eigenvalue weighted by Gasteiger charge is -2.26. The number of carbonyl (C=O) groups is 2. The largest absolute Gasteiger partial charge is 0.503 e. The van der Waals surface area contributed by atoms with Crippen molar-refractivity contribution < 1.29 is 28.3 Å². The van der Waals surface area contributed by atoms with E-state index in [0.717, 1.165) is 6.42 Å². The van der Waals surface area contributed by atoms with Crippen LogP contribution >= 0.6 is 0 Å². The maximum absolute atomic E-state index is 13.3. The van der Waals surface area contributed by atoms with E-state index in [4.69, 9.17) is 13.6 Å². The fourth-order valence-electron chi connectivity index (χ4n) is 3.65. The van der Waals surface area contributed by atoms with Crippen LogP contribution in [0, 0.1) is 6.92 Å². The lowest BCUT2D eigenvalue weighted by atomic mass is 9.95. The number of furan rings is 2. The number of rotatable bonds is 8. The van der Waals surface area contributed by atoms with E-state index >= 15 is 0 Å². The molecule has 1 aromatic carbocycles. The zero-order valence-electron chi connectivity index (χ0n) is 17.3. The summed E-state index contributed by atoms with van der Waals surface area (Å²) in [6, 6.07) is 13.0. The second-order valence-corrected chi connectivity index (χ2v) is 7.34. The highest BCUT2D eigenvalue weighted by Crippen LogP contribution is 2.41. The fraction of sp³-hybridized carbons (Fsp3) is 0.250. The summed E-state index contributed by atoms with van der Waals surface area (Å²) in [6.07, 6.45) is 2.36. The molecule has 1 atom stereocenters. The van der Waals surface area contributed by atoms with Gasteiger partial charge in [0.1, 0.15) is 17.3 Å². The zero-order chi connectivity index (χ0) is 22.0. The third kappa shape index (κ3) is 3.99. The van der Waals surface area contributed by atoms with Crippen molar-refractivity contribution in [2.75, 3.05) is 6.61 Å². The summed E-state index contributed by atoms with van der Waals surface area (Å²) in [5, 5.41) is 10.7. The van der Waals surface area contributed by atoms with Gasteiger partial charge in [-0.1, -0.05) is 19.1 Å². The van der Waals surface area contributed by atoms with Crippen molar-refractivity contribution in [1.29, 1.82) is 0 Å². The highest BCUT2D eigenvalue weighted by molar-refractivity contribution is 6.15. The van der Waals surface area contributed by atoms with Crippen molar-refractivity contribution >= 4 is 11.7 Å². The molecule has 2 aromatic heterocycles. The first-order valence-electron chi connectivity index (χ1n) is 10.1. The first-order chi connectivity index (χ1) is 15.0. The molecule has 0 saturated carbocycles. The van der Waals surface area contributed by atoms with E-state index in [1.54, 1.807) is 43.3 Å². The van der Waals surface area contributed by atoms with Gasteiger partial charge in [-0.15, -0.1) is 0 Å². The molecule has 0 bridgehead atoms. The predicted octanol–water partition coefficient (Wildman–Crippen LogP) is 4.75. The van der Waals surface area contributed by atoms with Crippen LogP contribution in [0.5, 0.6) is 5.75 Å². The summed E-state index contributed by atoms with van der Waals surface area (Å²) in [7, 11) is 0. The Labute approximate surface area is 179 Å². The standard InChI is InChI=1S/C24H23NO6/c1-3-11-29-17-7-4-6-16(13-17)21-20(22(26)19-10-9-15(2)31-19)23(27)24(28)25(21)14-18-8-5-12-30-18/h4-10,12-13,21,27H,3,11,14H2,1-2H3. The molecular formula is C24H23NO6. The number of hydrogen-bond donors (Lipinski definition) is 1. The van der Waals surface area contributed by atoms with Crippen molar-refractivity contribution in [2.45, 2.75) is 32.9 Å². The lowest BCUT2D eigenvalue weighted by Crippen LogP contribution is -2.30. The van der Waals surface area contributed by atoms with Crippen LogP contribution < -0.4 is 4.74 Å². The van der Waals surface area contributed by atoms with Gasteiger partial charge in [0.25, 0.3) is 5.91 Å². The summed E-state index contributed by atoms with van der Waals surface area (Å²) < 4.78 is 16.6. The molecule has 1 aliphatic heterocycles. The quantitative estimate of drug-likeness (QED) is 0.528. The Kier molecular flexibility index (Phi) is 5.66. The number of ketones is 1. The molecule has 7 nitrogen and oxygen atoms in total. The number of hydrogen-bond acceptors (Lipinski definition) is 6. The van der Waals surface area contributed by atoms with Crippen LogP contribution in [-0.4, -0.2) is 28.3 Å². The second-order valence-electron chi connectivity index (χ2n) is 7.34. The number of aryl methyl sites for hydroxylation is 1. The van der Waals surface area contributed by atoms with Crippen LogP contribution in [-0.2, 0) is 11.3 Å². The van der Waals surface area contributed by atoms with Gasteiger partial charge in [0.2, 0.25) is 5.78 Å². The van der Waals surface area contributed by atoms with Crippen molar-refractivity contribution in [3.63, 3.8) is 0 Å². The molecule has 7 heteroatoms. The first-order valence-corrected chi connectivity index (χ1v) is 10.1. The Balaban J connectivity index is 1.78. The summed E-state index contributed by atoms with van der Waals surface area (Å²) in [5.74, 6) is 0.0137. The average molecular weight is 421 g/mol. The van der Waals surface area contributed by atoms with E-state index in [2.05, 4.69) is 0 Å². The second kappa shape index (κ2) is 8.55. The lowest BCUT2D eigenvalue weighted by molar-refractivity contribution is -0.130. The smallest absolute Gasteiger partial charge is 0.290 e. The van der Waals surface area contributed by atoms with Gasteiger partial charge in [0.15, 0.2) is 11.5 Å². The Morgan fingerprint density at radius 2 is 2.03 bits per heavy atom. The Morgan fingerprint density at radius 3 is 2.71 bits per heavy atom. The average Bonchev–Trinajstić information content (AvgIpc) is 3.49. The maximum atomic E-state index is 13.3. The molecule has 0 radical (unpaired) electrons. The van der Waals surface area contributed by atoms with Crippen molar-refractivity contribution in [2.24, 2.45) is 0 Å². The van der Waals surface area contributed by atoms with Crippen molar-refractivity contribution in [3.8, 4) is 5.75 Å². The van der Waals surface area contributed by atoms with Gasteiger partial charge in [-0.3, -0.25) is 9.59 Å². The number of aliphatic hydroxyl groups excluding tert-OH is 1. The van der Waals surface area contributed by atoms with Gasteiger partial charge in [0, 0.05) is 0 Å². The van der Waals surface area contributed by atoms with Gasteiger partial charge in [-0.25, -0.2) is 0 Å². The number of Topliss-reactive ketones (excluding diaryl/α,β-unsaturated/α-hetero) is 1. The van der Waals surface area contributed by atoms with E-state index in [-0.39, 0.29) is 17.9 Å². The molecule has 3 heterocycles. The molecule has 0 spiro atoms. The molecule has 0 fully saturated rings. The molecule has 1 amide bonds. The minimum absolute atomic E-state index is 0.0291. The minimum atomic E-state index is -0.819. The van der Waals surface area contributed by atoms with Crippen LogP contribution in [0.15, 0.2) is 75.0 Å². The summed E-state index contributed by atoms with van der Waals surface area (Å²) in [4.78, 5) is 27.7. The zero-order valence-corrected chi connectivity index (χ0v) is 17.3. The van der Waals surface area contributed by atoms with E-state index in [0.29, 0.717) is 29.4 Å². The molecule has 1 N–H and O–H groups in total. The molecule has 160 valence electrons. The third-order valence-electron chi connectivity index (χ3n) is 5.07. The van der Waals surface area contributed by atoms with E-state index in [1.807, 2.05) is 13.0 Å². The Bertz CT molecular complexity index is 1120. The van der Waals surface area contributed by atoms with Gasteiger partial charge >= 0.3 is 0 Å². The number of carbonyl (C=O) groups excluding carboxylic acids is 2. The van der Waals surface area contributed by atoms with Gasteiger partial charge in [-0.05, 0) is 55.3 Å². The predicted molar refractivity (Wildman–Crippen MR) is 112 cm³/mol. The molecular weight excluding hydrogens is 398 g/mol. The van der Waals surface area contributed by atoms with Crippen LogP contribution in [0.2, 0.25) is 0 Å². The summed E-state index contributed by atoms with van der Waals surface area (Å²) >= 11 is 0. The number of benzene rings is 1. The van der Waals surface area contributed by atoms with Crippen LogP contribution in [0.25, 0.3) is 0 Å². The fourth-order valence-corrected chi connectivity index (χ4v) is 3.65. The number of ether oxygens (including phenoxy) is 1. The highest BCUT2D eigenvalue weighted by atomic mass is 16.5. The molecule has 1 aliphatic rings. The Hall–Kier alpha value is -3.74. The Morgan fingerprint density at radius 1 is 1.19 bits per heavy atom. The highest BCUT2D eigenvalue weighted by Gasteiger charge is 2.44. The SMILES string of the molecule is CCCOc1cccc(C2C(C(=O)c3ccc(C)o3)=C(O)C(=O)N2Cc2ccco2)c1. The van der Waals surface area contributed by atoms with Crippen LogP contribution in [0.1, 0.15) is 47.0 Å².